The third kappa shape index (κ3) is 6.37. The van der Waals surface area contributed by atoms with E-state index in [1.165, 1.54) is 24.5 Å². The fourth-order valence-electron chi connectivity index (χ4n) is 3.27. The van der Waals surface area contributed by atoms with Crippen LogP contribution in [0.25, 0.3) is 0 Å². The summed E-state index contributed by atoms with van der Waals surface area (Å²) >= 11 is 0. The Morgan fingerprint density at radius 1 is 0.943 bits per heavy atom. The lowest BCUT2D eigenvalue weighted by Gasteiger charge is -2.10. The Labute approximate surface area is 196 Å². The maximum atomic E-state index is 14.6. The number of aromatic nitrogens is 2. The van der Waals surface area contributed by atoms with Gasteiger partial charge in [-0.05, 0) is 48.2 Å². The lowest BCUT2D eigenvalue weighted by molar-refractivity contribution is -0.137. The van der Waals surface area contributed by atoms with Gasteiger partial charge >= 0.3 is 6.18 Å². The minimum absolute atomic E-state index is 0.0243. The first-order valence-electron chi connectivity index (χ1n) is 10.5. The maximum absolute atomic E-state index is 14.6. The van der Waals surface area contributed by atoms with E-state index in [0.29, 0.717) is 18.2 Å². The van der Waals surface area contributed by atoms with Crippen LogP contribution in [0.4, 0.5) is 27.8 Å². The maximum Gasteiger partial charge on any atom is 0.416 e. The molecule has 0 unspecified atom stereocenters. The number of nitrogens with one attached hydrogen (secondary N) is 1. The second-order valence-electron chi connectivity index (χ2n) is 8.06. The van der Waals surface area contributed by atoms with Crippen LogP contribution in [0.5, 0.6) is 11.6 Å². The largest absolute Gasteiger partial charge is 0.439 e. The number of anilines is 1. The quantitative estimate of drug-likeness (QED) is 0.435. The minimum Gasteiger partial charge on any atom is -0.439 e. The SMILES string of the molecule is O=C(Cc1ccc(Oc2cc(NC(=O)C3CC3)ncn2)cc1F)Cc1cc(C(F)(F)F)ccc1F. The summed E-state index contributed by atoms with van der Waals surface area (Å²) in [7, 11) is 0. The summed E-state index contributed by atoms with van der Waals surface area (Å²) in [5, 5.41) is 2.64. The molecule has 11 heteroatoms. The normalized spacial score (nSPS) is 13.4. The molecule has 6 nitrogen and oxygen atoms in total. The summed E-state index contributed by atoms with van der Waals surface area (Å²) in [6.45, 7) is 0. The van der Waals surface area contributed by atoms with Crippen molar-refractivity contribution in [3.05, 3.63) is 77.1 Å². The van der Waals surface area contributed by atoms with Crippen molar-refractivity contribution in [3.63, 3.8) is 0 Å². The molecule has 0 atom stereocenters. The van der Waals surface area contributed by atoms with E-state index >= 15 is 0 Å². The van der Waals surface area contributed by atoms with Crippen molar-refractivity contribution in [2.45, 2.75) is 31.9 Å². The lowest BCUT2D eigenvalue weighted by Crippen LogP contribution is -2.14. The highest BCUT2D eigenvalue weighted by atomic mass is 19.4. The van der Waals surface area contributed by atoms with Crippen molar-refractivity contribution < 1.29 is 36.3 Å². The average molecular weight is 491 g/mol. The van der Waals surface area contributed by atoms with E-state index in [9.17, 15) is 31.5 Å². The number of rotatable bonds is 8. The number of Topliss-reactive ketones (excluding diaryl/α,β-unsaturated/α-hetero) is 1. The second kappa shape index (κ2) is 9.77. The van der Waals surface area contributed by atoms with E-state index < -0.39 is 47.6 Å². The number of alkyl halides is 3. The van der Waals surface area contributed by atoms with Gasteiger partial charge in [-0.15, -0.1) is 0 Å². The highest BCUT2D eigenvalue weighted by Gasteiger charge is 2.31. The zero-order valence-electron chi connectivity index (χ0n) is 18.0. The van der Waals surface area contributed by atoms with Crippen LogP contribution < -0.4 is 10.1 Å². The summed E-state index contributed by atoms with van der Waals surface area (Å²) in [6.07, 6.45) is -2.93. The number of halogens is 5. The summed E-state index contributed by atoms with van der Waals surface area (Å²) in [5.41, 5.74) is -1.53. The molecule has 2 aromatic carbocycles. The van der Waals surface area contributed by atoms with Crippen molar-refractivity contribution in [2.75, 3.05) is 5.32 Å². The van der Waals surface area contributed by atoms with Crippen molar-refractivity contribution in [1.29, 1.82) is 0 Å². The molecular formula is C24H18F5N3O3. The van der Waals surface area contributed by atoms with Gasteiger partial charge in [-0.1, -0.05) is 6.07 Å². The molecule has 1 fully saturated rings. The van der Waals surface area contributed by atoms with Crippen LogP contribution >= 0.6 is 0 Å². The molecule has 1 heterocycles. The van der Waals surface area contributed by atoms with Gasteiger partial charge in [0.2, 0.25) is 11.8 Å². The molecule has 1 aliphatic rings. The lowest BCUT2D eigenvalue weighted by atomic mass is 10.00. The molecule has 4 rings (SSSR count). The van der Waals surface area contributed by atoms with Crippen LogP contribution in [-0.4, -0.2) is 21.7 Å². The Hall–Kier alpha value is -3.89. The van der Waals surface area contributed by atoms with Gasteiger partial charge in [-0.25, -0.2) is 18.7 Å². The topological polar surface area (TPSA) is 81.2 Å². The number of hydrogen-bond acceptors (Lipinski definition) is 5. The Morgan fingerprint density at radius 2 is 1.69 bits per heavy atom. The van der Waals surface area contributed by atoms with E-state index in [0.717, 1.165) is 18.9 Å². The third-order valence-corrected chi connectivity index (χ3v) is 5.24. The first kappa shape index (κ1) is 24.2. The molecule has 0 spiro atoms. The Kier molecular flexibility index (Phi) is 6.77. The van der Waals surface area contributed by atoms with E-state index in [-0.39, 0.29) is 34.8 Å². The van der Waals surface area contributed by atoms with Gasteiger partial charge in [0, 0.05) is 30.9 Å². The molecule has 0 radical (unpaired) electrons. The van der Waals surface area contributed by atoms with Crippen molar-refractivity contribution in [2.24, 2.45) is 5.92 Å². The summed E-state index contributed by atoms with van der Waals surface area (Å²) in [5.74, 6) is -2.25. The highest BCUT2D eigenvalue weighted by molar-refractivity contribution is 5.93. The van der Waals surface area contributed by atoms with Gasteiger partial charge in [0.1, 0.15) is 35.3 Å². The molecule has 35 heavy (non-hydrogen) atoms. The molecule has 1 N–H and O–H groups in total. The predicted octanol–water partition coefficient (Wildman–Crippen LogP) is 5.27. The number of carbonyl (C=O) groups is 2. The van der Waals surface area contributed by atoms with E-state index in [4.69, 9.17) is 4.74 Å². The molecule has 1 amide bonds. The minimum atomic E-state index is -4.68. The second-order valence-corrected chi connectivity index (χ2v) is 8.06. The molecule has 1 aromatic heterocycles. The molecule has 3 aromatic rings. The standard InChI is InChI=1S/C24H18F5N3O3/c25-19-6-4-16(24(27,28)29)7-15(19)9-17(33)8-14-3-5-18(10-20(14)26)35-22-11-21(30-12-31-22)32-23(34)13-1-2-13/h3-7,10-13H,1-2,8-9H2,(H,30,31,32,34). The monoisotopic (exact) mass is 491 g/mol. The number of ether oxygens (including phenoxy) is 1. The molecular weight excluding hydrogens is 473 g/mol. The van der Waals surface area contributed by atoms with Crippen LogP contribution in [0.15, 0.2) is 48.8 Å². The Balaban J connectivity index is 1.40. The van der Waals surface area contributed by atoms with Gasteiger partial charge in [0.25, 0.3) is 0 Å². The first-order valence-corrected chi connectivity index (χ1v) is 10.5. The van der Waals surface area contributed by atoms with Crippen LogP contribution in [-0.2, 0) is 28.6 Å². The van der Waals surface area contributed by atoms with Crippen LogP contribution in [0.3, 0.4) is 0 Å². The molecule has 1 saturated carbocycles. The average Bonchev–Trinajstić information content (AvgIpc) is 3.62. The highest BCUT2D eigenvalue weighted by Crippen LogP contribution is 2.31. The zero-order valence-corrected chi connectivity index (χ0v) is 18.0. The van der Waals surface area contributed by atoms with Crippen LogP contribution in [0.2, 0.25) is 0 Å². The van der Waals surface area contributed by atoms with Crippen LogP contribution in [0.1, 0.15) is 29.5 Å². The number of benzene rings is 2. The van der Waals surface area contributed by atoms with E-state index in [1.807, 2.05) is 0 Å². The molecule has 0 saturated heterocycles. The van der Waals surface area contributed by atoms with Crippen molar-refractivity contribution >= 4 is 17.5 Å². The number of amides is 1. The van der Waals surface area contributed by atoms with Gasteiger partial charge in [0.05, 0.1) is 5.56 Å². The third-order valence-electron chi connectivity index (χ3n) is 5.24. The molecule has 0 aliphatic heterocycles. The van der Waals surface area contributed by atoms with Gasteiger partial charge in [-0.3, -0.25) is 9.59 Å². The van der Waals surface area contributed by atoms with Gasteiger partial charge in [-0.2, -0.15) is 13.2 Å². The smallest absolute Gasteiger partial charge is 0.416 e. The molecule has 182 valence electrons. The van der Waals surface area contributed by atoms with E-state index in [2.05, 4.69) is 15.3 Å². The van der Waals surface area contributed by atoms with Crippen molar-refractivity contribution in [1.82, 2.24) is 9.97 Å². The Morgan fingerprint density at radius 3 is 2.37 bits per heavy atom. The Bertz CT molecular complexity index is 1280. The first-order chi connectivity index (χ1) is 16.6. The number of nitrogens with zero attached hydrogens (tertiary/aromatic N) is 2. The number of hydrogen-bond donors (Lipinski definition) is 1. The fraction of sp³-hybridized carbons (Fsp3) is 0.250. The fourth-order valence-corrected chi connectivity index (χ4v) is 3.27. The summed E-state index contributed by atoms with van der Waals surface area (Å²) < 4.78 is 72.5. The van der Waals surface area contributed by atoms with Gasteiger partial charge < -0.3 is 10.1 Å². The summed E-state index contributed by atoms with van der Waals surface area (Å²) in [4.78, 5) is 32.0. The predicted molar refractivity (Wildman–Crippen MR) is 114 cm³/mol. The van der Waals surface area contributed by atoms with Crippen LogP contribution in [0, 0.1) is 17.6 Å². The van der Waals surface area contributed by atoms with E-state index in [1.54, 1.807) is 0 Å². The summed E-state index contributed by atoms with van der Waals surface area (Å²) in [6, 6.07) is 6.85. The van der Waals surface area contributed by atoms with Gasteiger partial charge in [0.15, 0.2) is 0 Å². The zero-order chi connectivity index (χ0) is 25.2. The molecule has 1 aliphatic carbocycles. The number of carbonyl (C=O) groups excluding carboxylic acids is 2. The van der Waals surface area contributed by atoms with Crippen molar-refractivity contribution in [3.8, 4) is 11.6 Å². The molecule has 0 bridgehead atoms. The number of ketones is 1.